The number of hydrogen-bond donors (Lipinski definition) is 0. The summed E-state index contributed by atoms with van der Waals surface area (Å²) in [5, 5.41) is 0. The summed E-state index contributed by atoms with van der Waals surface area (Å²) in [5.74, 6) is 1.31. The SMILES string of the molecule is CCC1(C)C2CCCC(C=O)=C2C(C)(C)C1C. The van der Waals surface area contributed by atoms with E-state index in [2.05, 4.69) is 34.6 Å². The van der Waals surface area contributed by atoms with Gasteiger partial charge < -0.3 is 0 Å². The predicted molar refractivity (Wildman–Crippen MR) is 71.8 cm³/mol. The smallest absolute Gasteiger partial charge is 0.146 e. The lowest BCUT2D eigenvalue weighted by atomic mass is 9.68. The third kappa shape index (κ3) is 1.54. The second kappa shape index (κ2) is 3.96. The molecule has 0 N–H and O–H groups in total. The molecule has 96 valence electrons. The van der Waals surface area contributed by atoms with Crippen LogP contribution in [0, 0.1) is 22.7 Å². The van der Waals surface area contributed by atoms with Gasteiger partial charge in [-0.05, 0) is 53.9 Å². The largest absolute Gasteiger partial charge is 0.298 e. The summed E-state index contributed by atoms with van der Waals surface area (Å²) in [6, 6.07) is 0. The van der Waals surface area contributed by atoms with E-state index in [9.17, 15) is 4.79 Å². The molecule has 3 atom stereocenters. The molecule has 0 aromatic rings. The molecule has 2 rings (SSSR count). The molecule has 1 fully saturated rings. The van der Waals surface area contributed by atoms with Crippen LogP contribution in [0.15, 0.2) is 11.1 Å². The van der Waals surface area contributed by atoms with E-state index in [0.29, 0.717) is 17.3 Å². The van der Waals surface area contributed by atoms with Gasteiger partial charge in [-0.1, -0.05) is 40.2 Å². The highest BCUT2D eigenvalue weighted by Gasteiger charge is 2.56. The second-order valence-corrected chi connectivity index (χ2v) is 6.80. The summed E-state index contributed by atoms with van der Waals surface area (Å²) in [4.78, 5) is 11.3. The van der Waals surface area contributed by atoms with Gasteiger partial charge in [0.05, 0.1) is 0 Å². The van der Waals surface area contributed by atoms with Crippen molar-refractivity contribution in [3.8, 4) is 0 Å². The molecule has 0 aromatic carbocycles. The molecule has 0 bridgehead atoms. The standard InChI is InChI=1S/C16H26O/c1-6-16(5)11(2)15(3,4)14-12(10-17)8-7-9-13(14)16/h10-11,13H,6-9H2,1-5H3. The second-order valence-electron chi connectivity index (χ2n) is 6.80. The van der Waals surface area contributed by atoms with E-state index >= 15 is 0 Å². The van der Waals surface area contributed by atoms with Gasteiger partial charge in [-0.25, -0.2) is 0 Å². The van der Waals surface area contributed by atoms with Gasteiger partial charge in [-0.15, -0.1) is 0 Å². The van der Waals surface area contributed by atoms with Crippen LogP contribution in [-0.4, -0.2) is 6.29 Å². The number of carbonyl (C=O) groups excluding carboxylic acids is 1. The minimum atomic E-state index is 0.200. The van der Waals surface area contributed by atoms with Gasteiger partial charge in [0.1, 0.15) is 6.29 Å². The molecule has 1 nitrogen and oxygen atoms in total. The molecule has 0 aromatic heterocycles. The molecule has 2 aliphatic rings. The molecule has 0 saturated heterocycles. The number of aldehydes is 1. The number of allylic oxidation sites excluding steroid dienone is 2. The quantitative estimate of drug-likeness (QED) is 0.648. The van der Waals surface area contributed by atoms with E-state index in [1.165, 1.54) is 24.8 Å². The van der Waals surface area contributed by atoms with Crippen LogP contribution in [0.1, 0.15) is 60.3 Å². The first-order valence-corrected chi connectivity index (χ1v) is 7.08. The van der Waals surface area contributed by atoms with Crippen LogP contribution in [0.25, 0.3) is 0 Å². The highest BCUT2D eigenvalue weighted by atomic mass is 16.1. The Labute approximate surface area is 106 Å². The van der Waals surface area contributed by atoms with E-state index in [4.69, 9.17) is 0 Å². The first-order valence-electron chi connectivity index (χ1n) is 7.08. The van der Waals surface area contributed by atoms with Gasteiger partial charge in [0, 0.05) is 0 Å². The Kier molecular flexibility index (Phi) is 3.00. The lowest BCUT2D eigenvalue weighted by Gasteiger charge is -2.37. The van der Waals surface area contributed by atoms with Crippen molar-refractivity contribution in [1.29, 1.82) is 0 Å². The molecular formula is C16H26O. The molecule has 0 aliphatic heterocycles. The third-order valence-corrected chi connectivity index (χ3v) is 6.10. The Balaban J connectivity index is 2.60. The van der Waals surface area contributed by atoms with Crippen molar-refractivity contribution in [2.75, 3.05) is 0 Å². The van der Waals surface area contributed by atoms with Crippen molar-refractivity contribution < 1.29 is 4.79 Å². The van der Waals surface area contributed by atoms with Crippen LogP contribution in [0.3, 0.4) is 0 Å². The summed E-state index contributed by atoms with van der Waals surface area (Å²) in [5.41, 5.74) is 3.20. The highest BCUT2D eigenvalue weighted by molar-refractivity contribution is 5.76. The van der Waals surface area contributed by atoms with E-state index in [1.54, 1.807) is 0 Å². The molecule has 0 amide bonds. The van der Waals surface area contributed by atoms with Crippen LogP contribution in [0.4, 0.5) is 0 Å². The lowest BCUT2D eigenvalue weighted by Crippen LogP contribution is -2.29. The van der Waals surface area contributed by atoms with Gasteiger partial charge >= 0.3 is 0 Å². The minimum Gasteiger partial charge on any atom is -0.298 e. The maximum absolute atomic E-state index is 11.3. The lowest BCUT2D eigenvalue weighted by molar-refractivity contribution is -0.105. The van der Waals surface area contributed by atoms with Crippen molar-refractivity contribution in [2.24, 2.45) is 22.7 Å². The number of hydrogen-bond acceptors (Lipinski definition) is 1. The Morgan fingerprint density at radius 3 is 2.53 bits per heavy atom. The number of carbonyl (C=O) groups is 1. The Morgan fingerprint density at radius 1 is 1.35 bits per heavy atom. The van der Waals surface area contributed by atoms with Crippen molar-refractivity contribution in [2.45, 2.75) is 60.3 Å². The van der Waals surface area contributed by atoms with Crippen molar-refractivity contribution in [3.05, 3.63) is 11.1 Å². The maximum Gasteiger partial charge on any atom is 0.146 e. The predicted octanol–water partition coefficient (Wildman–Crippen LogP) is 4.37. The van der Waals surface area contributed by atoms with Crippen LogP contribution >= 0.6 is 0 Å². The van der Waals surface area contributed by atoms with Crippen LogP contribution in [0.2, 0.25) is 0 Å². The fraction of sp³-hybridized carbons (Fsp3) is 0.812. The van der Waals surface area contributed by atoms with Gasteiger partial charge in [-0.3, -0.25) is 4.79 Å². The fourth-order valence-electron chi connectivity index (χ4n) is 4.56. The van der Waals surface area contributed by atoms with Gasteiger partial charge in [0.15, 0.2) is 0 Å². The molecule has 0 radical (unpaired) electrons. The number of fused-ring (bicyclic) bond motifs is 1. The zero-order chi connectivity index (χ0) is 12.8. The zero-order valence-electron chi connectivity index (χ0n) is 12.0. The Hall–Kier alpha value is -0.590. The third-order valence-electron chi connectivity index (χ3n) is 6.10. The summed E-state index contributed by atoms with van der Waals surface area (Å²) in [6.07, 6.45) is 5.84. The van der Waals surface area contributed by atoms with Gasteiger partial charge in [0.25, 0.3) is 0 Å². The topological polar surface area (TPSA) is 17.1 Å². The summed E-state index contributed by atoms with van der Waals surface area (Å²) in [7, 11) is 0. The van der Waals surface area contributed by atoms with E-state index in [0.717, 1.165) is 18.3 Å². The average molecular weight is 234 g/mol. The normalized spacial score (nSPS) is 40.3. The van der Waals surface area contributed by atoms with Gasteiger partial charge in [-0.2, -0.15) is 0 Å². The maximum atomic E-state index is 11.3. The summed E-state index contributed by atoms with van der Waals surface area (Å²) in [6.45, 7) is 11.8. The zero-order valence-corrected chi connectivity index (χ0v) is 12.0. The van der Waals surface area contributed by atoms with Crippen molar-refractivity contribution >= 4 is 6.29 Å². The van der Waals surface area contributed by atoms with Crippen molar-refractivity contribution in [3.63, 3.8) is 0 Å². The van der Waals surface area contributed by atoms with Crippen molar-refractivity contribution in [1.82, 2.24) is 0 Å². The highest BCUT2D eigenvalue weighted by Crippen LogP contribution is 2.65. The molecular weight excluding hydrogens is 208 g/mol. The monoisotopic (exact) mass is 234 g/mol. The molecule has 1 heteroatoms. The molecule has 3 unspecified atom stereocenters. The minimum absolute atomic E-state index is 0.200. The van der Waals surface area contributed by atoms with Crippen LogP contribution in [-0.2, 0) is 4.79 Å². The fourth-order valence-corrected chi connectivity index (χ4v) is 4.56. The molecule has 0 spiro atoms. The summed E-state index contributed by atoms with van der Waals surface area (Å²) < 4.78 is 0. The Bertz CT molecular complexity index is 364. The van der Waals surface area contributed by atoms with E-state index < -0.39 is 0 Å². The average Bonchev–Trinajstić information content (AvgIpc) is 2.49. The summed E-state index contributed by atoms with van der Waals surface area (Å²) >= 11 is 0. The first-order chi connectivity index (χ1) is 7.89. The molecule has 0 heterocycles. The number of rotatable bonds is 2. The van der Waals surface area contributed by atoms with Crippen LogP contribution in [0.5, 0.6) is 0 Å². The van der Waals surface area contributed by atoms with E-state index in [1.807, 2.05) is 0 Å². The first kappa shape index (κ1) is 12.9. The Morgan fingerprint density at radius 2 is 2.00 bits per heavy atom. The molecule has 1 saturated carbocycles. The molecule has 2 aliphatic carbocycles. The molecule has 17 heavy (non-hydrogen) atoms. The van der Waals surface area contributed by atoms with Crippen LogP contribution < -0.4 is 0 Å². The van der Waals surface area contributed by atoms with E-state index in [-0.39, 0.29) is 5.41 Å². The van der Waals surface area contributed by atoms with Gasteiger partial charge in [0.2, 0.25) is 0 Å².